The maximum atomic E-state index is 6.78. The molecule has 8 heteroatoms. The molecule has 0 amide bonds. The first-order valence-corrected chi connectivity index (χ1v) is 27.4. The van der Waals surface area contributed by atoms with Gasteiger partial charge in [0.25, 0.3) is 0 Å². The summed E-state index contributed by atoms with van der Waals surface area (Å²) in [7, 11) is -6.57. The number of fused-ring (bicyclic) bond motifs is 12. The Morgan fingerprint density at radius 3 is 1.79 bits per heavy atom. The van der Waals surface area contributed by atoms with Crippen LogP contribution >= 0.6 is 0 Å². The van der Waals surface area contributed by atoms with Gasteiger partial charge in [0.05, 0.1) is 5.65 Å². The van der Waals surface area contributed by atoms with E-state index in [4.69, 9.17) is 14.4 Å². The van der Waals surface area contributed by atoms with Crippen LogP contribution in [0.2, 0.25) is 0 Å². The fourth-order valence-corrected chi connectivity index (χ4v) is 21.5. The molecular formula is C63H43N4OPtSi2-3. The Bertz CT molecular complexity index is 4010. The van der Waals surface area contributed by atoms with Crippen LogP contribution in [0, 0.1) is 19.6 Å². The van der Waals surface area contributed by atoms with Crippen LogP contribution in [-0.2, 0) is 21.1 Å². The van der Waals surface area contributed by atoms with Gasteiger partial charge in [0.1, 0.15) is 33.1 Å². The van der Waals surface area contributed by atoms with E-state index >= 15 is 0 Å². The molecule has 0 fully saturated rings. The third-order valence-electron chi connectivity index (χ3n) is 14.5. The Morgan fingerprint density at radius 1 is 0.493 bits per heavy atom. The van der Waals surface area contributed by atoms with Gasteiger partial charge < -0.3 is 21.1 Å². The Labute approximate surface area is 428 Å². The second-order valence-electron chi connectivity index (χ2n) is 17.9. The molecule has 5 heterocycles. The van der Waals surface area contributed by atoms with E-state index in [1.807, 2.05) is 18.5 Å². The molecule has 0 bridgehead atoms. The van der Waals surface area contributed by atoms with Gasteiger partial charge in [-0.3, -0.25) is 4.98 Å². The summed E-state index contributed by atoms with van der Waals surface area (Å²) in [5, 5.41) is 15.3. The number of imidazole rings is 1. The van der Waals surface area contributed by atoms with Crippen molar-refractivity contribution < 1.29 is 25.5 Å². The van der Waals surface area contributed by atoms with Gasteiger partial charge in [0.2, 0.25) is 0 Å². The van der Waals surface area contributed by atoms with Gasteiger partial charge in [0.15, 0.2) is 0 Å². The van der Waals surface area contributed by atoms with Crippen molar-refractivity contribution in [1.82, 2.24) is 14.4 Å². The van der Waals surface area contributed by atoms with Gasteiger partial charge >= 0.3 is 0 Å². The average Bonchev–Trinajstić information content (AvgIpc) is 4.09. The van der Waals surface area contributed by atoms with E-state index in [2.05, 4.69) is 246 Å². The molecule has 0 spiro atoms. The number of anilines is 3. The molecule has 0 saturated heterocycles. The van der Waals surface area contributed by atoms with Gasteiger partial charge in [-0.05, 0) is 57.3 Å². The van der Waals surface area contributed by atoms with Gasteiger partial charge in [0, 0.05) is 61.6 Å². The predicted octanol–water partition coefficient (Wildman–Crippen LogP) is 9.52. The molecule has 13 aromatic rings. The second kappa shape index (κ2) is 17.5. The number of rotatable bonds is 7. The molecule has 0 radical (unpaired) electrons. The fourth-order valence-electron chi connectivity index (χ4n) is 11.7. The van der Waals surface area contributed by atoms with E-state index in [1.54, 1.807) is 0 Å². The van der Waals surface area contributed by atoms with E-state index < -0.39 is 16.1 Å². The maximum Gasteiger partial charge on any atom is 0.137 e. The van der Waals surface area contributed by atoms with Crippen molar-refractivity contribution in [2.45, 2.75) is 0 Å². The van der Waals surface area contributed by atoms with Crippen LogP contribution in [0.5, 0.6) is 0 Å². The van der Waals surface area contributed by atoms with Gasteiger partial charge in [-0.2, -0.15) is 23.4 Å². The molecule has 0 atom stereocenters. The van der Waals surface area contributed by atoms with Crippen LogP contribution in [0.15, 0.2) is 247 Å². The number of nitrogens with zero attached hydrogens (tertiary/aromatic N) is 4. The third kappa shape index (κ3) is 6.40. The Balaban J connectivity index is 0.00000259. The zero-order valence-corrected chi connectivity index (χ0v) is 42.9. The summed E-state index contributed by atoms with van der Waals surface area (Å²) in [6, 6.07) is 90.4. The molecule has 1 aliphatic heterocycles. The molecule has 0 aliphatic carbocycles. The summed E-state index contributed by atoms with van der Waals surface area (Å²) in [4.78, 5) is 12.5. The van der Waals surface area contributed by atoms with Gasteiger partial charge in [-0.15, -0.1) is 34.0 Å². The number of hydrogen-bond donors (Lipinski definition) is 0. The number of pyridine rings is 2. The molecule has 0 unspecified atom stereocenters. The van der Waals surface area contributed by atoms with Crippen LogP contribution < -0.4 is 46.4 Å². The molecule has 14 rings (SSSR count). The second-order valence-corrected chi connectivity index (χ2v) is 25.3. The number of benzene rings is 9. The molecule has 1 aliphatic rings. The quantitative estimate of drug-likeness (QED) is 0.0692. The van der Waals surface area contributed by atoms with Crippen LogP contribution in [-0.4, -0.2) is 30.5 Å². The summed E-state index contributed by atoms with van der Waals surface area (Å²) in [5.41, 5.74) is 5.82. The standard InChI is InChI=1S/C62H40N4OSi2.CH3.Pt/c1-5-19-43(20-6-1)68(44-21-7-2-8-22-44,47-32-34-49-50-27-13-15-29-53(50)65-40-39-64-62(65)52(49)41-47)48-33-37-58-55(42-48)66(59-31-17-18-38-63-59)54-35-36-57-60(51-28-14-16-30-56(51)67-57)61(54)69(58,45-23-9-3-10-24-45)46-25-11-4-12-26-46;;/h1-40H;1H3;/q-2;-1;. The van der Waals surface area contributed by atoms with Crippen molar-refractivity contribution in [3.8, 4) is 0 Å². The predicted molar refractivity (Wildman–Crippen MR) is 295 cm³/mol. The van der Waals surface area contributed by atoms with Crippen LogP contribution in [0.3, 0.4) is 0 Å². The molecule has 0 N–H and O–H groups in total. The molecule has 71 heavy (non-hydrogen) atoms. The zero-order valence-electron chi connectivity index (χ0n) is 38.6. The molecule has 4 aromatic heterocycles. The summed E-state index contributed by atoms with van der Waals surface area (Å²) < 4.78 is 8.98. The summed E-state index contributed by atoms with van der Waals surface area (Å²) in [5.74, 6) is 0.821. The van der Waals surface area contributed by atoms with Crippen LogP contribution in [0.25, 0.3) is 49.3 Å². The van der Waals surface area contributed by atoms with E-state index in [9.17, 15) is 0 Å². The summed E-state index contributed by atoms with van der Waals surface area (Å²) in [6.07, 6.45) is 5.86. The first-order chi connectivity index (χ1) is 34.2. The van der Waals surface area contributed by atoms with Crippen molar-refractivity contribution in [2.75, 3.05) is 4.90 Å². The van der Waals surface area contributed by atoms with E-state index in [1.165, 1.54) is 36.5 Å². The molecule has 9 aromatic carbocycles. The first kappa shape index (κ1) is 44.3. The Kier molecular flexibility index (Phi) is 10.9. The minimum Gasteiger partial charge on any atom is -0.456 e. The Morgan fingerprint density at radius 2 is 1.10 bits per heavy atom. The van der Waals surface area contributed by atoms with Gasteiger partial charge in [-0.1, -0.05) is 185 Å². The summed E-state index contributed by atoms with van der Waals surface area (Å²) >= 11 is 0. The number of hydrogen-bond acceptors (Lipinski definition) is 4. The number of aromatic nitrogens is 3. The zero-order chi connectivity index (χ0) is 45.5. The Hall–Kier alpha value is -7.94. The van der Waals surface area contributed by atoms with E-state index in [0.29, 0.717) is 0 Å². The van der Waals surface area contributed by atoms with Crippen molar-refractivity contribution in [2.24, 2.45) is 0 Å². The van der Waals surface area contributed by atoms with Gasteiger partial charge in [-0.25, -0.2) is 4.98 Å². The van der Waals surface area contributed by atoms with Crippen molar-refractivity contribution in [3.05, 3.63) is 263 Å². The van der Waals surface area contributed by atoms with E-state index in [-0.39, 0.29) is 28.5 Å². The third-order valence-corrected chi connectivity index (χ3v) is 23.9. The summed E-state index contributed by atoms with van der Waals surface area (Å²) in [6.45, 7) is 0. The van der Waals surface area contributed by atoms with Crippen LogP contribution in [0.4, 0.5) is 17.2 Å². The van der Waals surface area contributed by atoms with Crippen molar-refractivity contribution in [3.63, 3.8) is 0 Å². The van der Waals surface area contributed by atoms with Crippen LogP contribution in [0.1, 0.15) is 0 Å². The largest absolute Gasteiger partial charge is 0.456 e. The maximum absolute atomic E-state index is 6.78. The fraction of sp³-hybridized carbons (Fsp3) is 0. The number of furan rings is 1. The first-order valence-electron chi connectivity index (χ1n) is 23.4. The monoisotopic (exact) mass is 1120 g/mol. The number of para-hydroxylation sites is 2. The topological polar surface area (TPSA) is 46.6 Å². The minimum absolute atomic E-state index is 0. The molecule has 0 saturated carbocycles. The molecule has 342 valence electrons. The molecular weight excluding hydrogens is 1080 g/mol. The van der Waals surface area contributed by atoms with Crippen molar-refractivity contribution in [1.29, 1.82) is 0 Å². The van der Waals surface area contributed by atoms with Crippen molar-refractivity contribution >= 4 is 124 Å². The molecule has 5 nitrogen and oxygen atoms in total. The normalized spacial score (nSPS) is 12.9. The minimum atomic E-state index is -3.30. The average molecular weight is 1120 g/mol. The smallest absolute Gasteiger partial charge is 0.137 e. The van der Waals surface area contributed by atoms with E-state index in [0.717, 1.165) is 71.4 Å². The SMILES string of the molecule is [CH3-].[Pt].[c-]1c([Si](c2[c-]c3c(cc2)c2ccccc2n2ccnc32)(c2ccccc2)c2ccccc2)ccc2c1N(c1ccccn1)c1ccc3oc4ccccc4c3c1[Si]2(c1ccccc1)c1ccccc1.